The summed E-state index contributed by atoms with van der Waals surface area (Å²) in [5.74, 6) is -1.31. The summed E-state index contributed by atoms with van der Waals surface area (Å²) in [5.41, 5.74) is 4.98. The summed E-state index contributed by atoms with van der Waals surface area (Å²) in [4.78, 5) is 11.4. The van der Waals surface area contributed by atoms with Gasteiger partial charge in [-0.2, -0.15) is 5.26 Å². The average molecular weight is 303 g/mol. The number of carbonyl (C=O) groups excluding carboxylic acids is 1. The number of guanidine groups is 1. The molecule has 19 heavy (non-hydrogen) atoms. The van der Waals surface area contributed by atoms with E-state index in [0.717, 1.165) is 12.3 Å². The molecule has 0 aliphatic heterocycles. The lowest BCUT2D eigenvalue weighted by molar-refractivity contribution is 0.0976. The number of sulfone groups is 1. The van der Waals surface area contributed by atoms with Crippen LogP contribution in [0.3, 0.4) is 0 Å². The summed E-state index contributed by atoms with van der Waals surface area (Å²) in [6, 6.07) is 5.26. The highest BCUT2D eigenvalue weighted by Crippen LogP contribution is 2.15. The number of hydrogen-bond acceptors (Lipinski definition) is 5. The first-order chi connectivity index (χ1) is 8.24. The van der Waals surface area contributed by atoms with Gasteiger partial charge in [0.1, 0.15) is 0 Å². The summed E-state index contributed by atoms with van der Waals surface area (Å²) < 4.78 is 22.8. The van der Waals surface area contributed by atoms with Crippen molar-refractivity contribution in [3.8, 4) is 6.07 Å². The minimum Gasteiger partial charge on any atom is -0.370 e. The lowest BCUT2D eigenvalue weighted by Crippen LogP contribution is -2.35. The Bertz CT molecular complexity index is 664. The van der Waals surface area contributed by atoms with Crippen LogP contribution in [0.4, 0.5) is 0 Å². The molecule has 1 rings (SSSR count). The van der Waals surface area contributed by atoms with Crippen molar-refractivity contribution in [3.63, 3.8) is 0 Å². The molecule has 0 saturated carbocycles. The van der Waals surface area contributed by atoms with Crippen molar-refractivity contribution in [2.45, 2.75) is 4.90 Å². The maximum atomic E-state index is 11.6. The molecule has 1 aromatic rings. The molecular weight excluding hydrogens is 292 g/mol. The van der Waals surface area contributed by atoms with E-state index in [2.05, 4.69) is 0 Å². The maximum absolute atomic E-state index is 11.6. The number of benzene rings is 1. The molecule has 4 N–H and O–H groups in total. The van der Waals surface area contributed by atoms with Gasteiger partial charge in [-0.3, -0.25) is 15.5 Å². The second-order valence-electron chi connectivity index (χ2n) is 3.50. The highest BCUT2D eigenvalue weighted by atomic mass is 35.5. The van der Waals surface area contributed by atoms with Crippen LogP contribution in [0, 0.1) is 16.7 Å². The van der Waals surface area contributed by atoms with Crippen LogP contribution in [0.5, 0.6) is 0 Å². The monoisotopic (exact) mass is 302 g/mol. The first-order valence-corrected chi connectivity index (χ1v) is 6.54. The van der Waals surface area contributed by atoms with Crippen LogP contribution in [0.25, 0.3) is 0 Å². The molecule has 0 aromatic heterocycles. The van der Waals surface area contributed by atoms with Crippen LogP contribution in [-0.4, -0.2) is 26.5 Å². The number of nitriles is 1. The number of nitrogens with one attached hydrogen (secondary N) is 2. The van der Waals surface area contributed by atoms with Crippen molar-refractivity contribution < 1.29 is 13.2 Å². The van der Waals surface area contributed by atoms with Gasteiger partial charge in [0.15, 0.2) is 15.8 Å². The Hall–Kier alpha value is -2.11. The summed E-state index contributed by atoms with van der Waals surface area (Å²) >= 11 is 0. The molecular formula is C10H11ClN4O3S. The van der Waals surface area contributed by atoms with Gasteiger partial charge < -0.3 is 5.73 Å². The molecule has 1 amide bonds. The molecule has 102 valence electrons. The molecule has 1 aromatic carbocycles. The standard InChI is InChI=1S/C10H10N4O3S.ClH/c1-18(16,17)8-3-6(5-11)2-7(4-8)9(15)14-10(12)13;/h2-4H,1H3,(H4,12,13,14,15);1H. The first kappa shape index (κ1) is 16.9. The zero-order chi connectivity index (χ0) is 13.9. The van der Waals surface area contributed by atoms with Gasteiger partial charge in [0.2, 0.25) is 0 Å². The fourth-order valence-electron chi connectivity index (χ4n) is 1.20. The first-order valence-electron chi connectivity index (χ1n) is 4.64. The highest BCUT2D eigenvalue weighted by Gasteiger charge is 2.14. The lowest BCUT2D eigenvalue weighted by Gasteiger charge is -2.05. The van der Waals surface area contributed by atoms with Gasteiger partial charge in [0, 0.05) is 11.8 Å². The Morgan fingerprint density at radius 3 is 2.42 bits per heavy atom. The molecule has 0 aliphatic carbocycles. The molecule has 0 unspecified atom stereocenters. The van der Waals surface area contributed by atoms with Crippen molar-refractivity contribution in [1.29, 1.82) is 10.7 Å². The quantitative estimate of drug-likeness (QED) is 0.522. The Labute approximate surface area is 116 Å². The van der Waals surface area contributed by atoms with Crippen LogP contribution in [0.15, 0.2) is 23.1 Å². The fraction of sp³-hybridized carbons (Fsp3) is 0.100. The summed E-state index contributed by atoms with van der Waals surface area (Å²) in [7, 11) is -3.54. The molecule has 0 spiro atoms. The number of nitrogens with two attached hydrogens (primary N) is 1. The predicted octanol–water partition coefficient (Wildman–Crippen LogP) is 0.00685. The third kappa shape index (κ3) is 4.57. The van der Waals surface area contributed by atoms with Crippen LogP contribution in [0.1, 0.15) is 15.9 Å². The number of carbonyl (C=O) groups is 1. The fourth-order valence-corrected chi connectivity index (χ4v) is 1.89. The zero-order valence-corrected chi connectivity index (χ0v) is 11.4. The van der Waals surface area contributed by atoms with Crippen molar-refractivity contribution in [3.05, 3.63) is 29.3 Å². The molecule has 0 aliphatic rings. The topological polar surface area (TPSA) is 137 Å². The highest BCUT2D eigenvalue weighted by molar-refractivity contribution is 7.90. The molecule has 9 heteroatoms. The van der Waals surface area contributed by atoms with Crippen molar-refractivity contribution >= 4 is 34.1 Å². The average Bonchev–Trinajstić information content (AvgIpc) is 2.26. The summed E-state index contributed by atoms with van der Waals surface area (Å²) in [6.07, 6.45) is 0.968. The van der Waals surface area contributed by atoms with E-state index < -0.39 is 21.7 Å². The van der Waals surface area contributed by atoms with E-state index in [0.29, 0.717) is 0 Å². The smallest absolute Gasteiger partial charge is 0.258 e. The number of amides is 1. The van der Waals surface area contributed by atoms with Crippen LogP contribution in [0.2, 0.25) is 0 Å². The van der Waals surface area contributed by atoms with Crippen LogP contribution < -0.4 is 11.1 Å². The SMILES string of the molecule is CS(=O)(=O)c1cc(C#N)cc(C(=O)NC(=N)N)c1.Cl. The van der Waals surface area contributed by atoms with E-state index >= 15 is 0 Å². The third-order valence-electron chi connectivity index (χ3n) is 1.97. The van der Waals surface area contributed by atoms with E-state index in [4.69, 9.17) is 16.4 Å². The number of rotatable bonds is 2. The molecule has 0 atom stereocenters. The van der Waals surface area contributed by atoms with Crippen LogP contribution in [-0.2, 0) is 9.84 Å². The Balaban J connectivity index is 0.00000324. The van der Waals surface area contributed by atoms with Crippen molar-refractivity contribution in [2.75, 3.05) is 6.26 Å². The summed E-state index contributed by atoms with van der Waals surface area (Å²) in [5, 5.41) is 17.7. The Morgan fingerprint density at radius 1 is 1.42 bits per heavy atom. The van der Waals surface area contributed by atoms with E-state index in [1.807, 2.05) is 5.32 Å². The second kappa shape index (κ2) is 6.17. The number of halogens is 1. The molecule has 0 radical (unpaired) electrons. The molecule has 0 saturated heterocycles. The van der Waals surface area contributed by atoms with E-state index in [1.54, 1.807) is 6.07 Å². The minimum atomic E-state index is -3.54. The van der Waals surface area contributed by atoms with Crippen LogP contribution >= 0.6 is 12.4 Å². The van der Waals surface area contributed by atoms with Gasteiger partial charge in [-0.25, -0.2) is 8.42 Å². The zero-order valence-electron chi connectivity index (χ0n) is 9.80. The van der Waals surface area contributed by atoms with Gasteiger partial charge in [0.25, 0.3) is 5.91 Å². The molecule has 7 nitrogen and oxygen atoms in total. The normalized spacial score (nSPS) is 9.89. The summed E-state index contributed by atoms with van der Waals surface area (Å²) in [6.45, 7) is 0. The number of hydrogen-bond donors (Lipinski definition) is 3. The van der Waals surface area contributed by atoms with Gasteiger partial charge in [-0.05, 0) is 18.2 Å². The molecule has 0 heterocycles. The molecule has 0 fully saturated rings. The van der Waals surface area contributed by atoms with E-state index in [9.17, 15) is 13.2 Å². The maximum Gasteiger partial charge on any atom is 0.258 e. The van der Waals surface area contributed by atoms with Gasteiger partial charge in [-0.15, -0.1) is 12.4 Å². The van der Waals surface area contributed by atoms with Gasteiger partial charge >= 0.3 is 0 Å². The van der Waals surface area contributed by atoms with E-state index in [1.165, 1.54) is 12.1 Å². The second-order valence-corrected chi connectivity index (χ2v) is 5.51. The van der Waals surface area contributed by atoms with Crippen molar-refractivity contribution in [2.24, 2.45) is 5.73 Å². The predicted molar refractivity (Wildman–Crippen MR) is 70.9 cm³/mol. The number of nitrogens with zero attached hydrogens (tertiary/aromatic N) is 1. The van der Waals surface area contributed by atoms with Gasteiger partial charge in [-0.1, -0.05) is 0 Å². The largest absolute Gasteiger partial charge is 0.370 e. The molecule has 0 bridgehead atoms. The lowest BCUT2D eigenvalue weighted by atomic mass is 10.1. The van der Waals surface area contributed by atoms with Gasteiger partial charge in [0.05, 0.1) is 16.5 Å². The minimum absolute atomic E-state index is 0. The van der Waals surface area contributed by atoms with Crippen molar-refractivity contribution in [1.82, 2.24) is 5.32 Å². The van der Waals surface area contributed by atoms with E-state index in [-0.39, 0.29) is 28.4 Å². The third-order valence-corrected chi connectivity index (χ3v) is 3.07. The Morgan fingerprint density at radius 2 is 2.00 bits per heavy atom. The Kier molecular flexibility index (Phi) is 5.49.